The Bertz CT molecular complexity index is 446. The quantitative estimate of drug-likeness (QED) is 0.780. The Morgan fingerprint density at radius 3 is 3.22 bits per heavy atom. The first kappa shape index (κ1) is 12.8. The lowest BCUT2D eigenvalue weighted by Crippen LogP contribution is -2.31. The monoisotopic (exact) mass is 269 g/mol. The van der Waals surface area contributed by atoms with Crippen LogP contribution < -0.4 is 10.6 Å². The third-order valence-electron chi connectivity index (χ3n) is 2.57. The molecule has 1 aliphatic heterocycles. The van der Waals surface area contributed by atoms with E-state index in [9.17, 15) is 9.59 Å². The van der Waals surface area contributed by atoms with Crippen LogP contribution in [0.3, 0.4) is 0 Å². The number of hydrogen-bond donors (Lipinski definition) is 2. The van der Waals surface area contributed by atoms with Crippen molar-refractivity contribution in [1.82, 2.24) is 10.3 Å². The standard InChI is InChI=1S/C11H15N3O3S/c1-2-17-10(16)8-6-18-11(14-8)12-5-7-3-4-9(15)13-7/h6-7H,2-5H2,1H3,(H,12,14)(H,13,15). The summed E-state index contributed by atoms with van der Waals surface area (Å²) in [5.41, 5.74) is 0.319. The minimum Gasteiger partial charge on any atom is -0.461 e. The van der Waals surface area contributed by atoms with Gasteiger partial charge in [0.2, 0.25) is 5.91 Å². The molecule has 1 aromatic heterocycles. The average Bonchev–Trinajstić information content (AvgIpc) is 2.95. The van der Waals surface area contributed by atoms with Gasteiger partial charge in [-0.2, -0.15) is 0 Å². The Kier molecular flexibility index (Phi) is 4.14. The molecule has 0 saturated carbocycles. The van der Waals surface area contributed by atoms with Crippen molar-refractivity contribution in [2.45, 2.75) is 25.8 Å². The minimum absolute atomic E-state index is 0.0909. The van der Waals surface area contributed by atoms with Gasteiger partial charge in [0.25, 0.3) is 0 Å². The van der Waals surface area contributed by atoms with Crippen LogP contribution in [-0.2, 0) is 9.53 Å². The van der Waals surface area contributed by atoms with E-state index >= 15 is 0 Å². The van der Waals surface area contributed by atoms with Gasteiger partial charge in [0, 0.05) is 24.4 Å². The first-order chi connectivity index (χ1) is 8.69. The molecule has 1 aromatic rings. The van der Waals surface area contributed by atoms with Crippen molar-refractivity contribution in [3.05, 3.63) is 11.1 Å². The second kappa shape index (κ2) is 5.81. The third kappa shape index (κ3) is 3.19. The molecule has 6 nitrogen and oxygen atoms in total. The summed E-state index contributed by atoms with van der Waals surface area (Å²) >= 11 is 1.35. The number of ether oxygens (including phenoxy) is 1. The predicted octanol–water partition coefficient (Wildman–Crippen LogP) is 1.01. The van der Waals surface area contributed by atoms with Crippen molar-refractivity contribution in [2.75, 3.05) is 18.5 Å². The molecule has 0 radical (unpaired) electrons. The molecule has 2 heterocycles. The zero-order valence-electron chi connectivity index (χ0n) is 10.1. The summed E-state index contributed by atoms with van der Waals surface area (Å²) in [5.74, 6) is -0.316. The molecule has 2 N–H and O–H groups in total. The van der Waals surface area contributed by atoms with Gasteiger partial charge in [-0.05, 0) is 13.3 Å². The maximum Gasteiger partial charge on any atom is 0.357 e. The van der Waals surface area contributed by atoms with Crippen LogP contribution in [0.15, 0.2) is 5.38 Å². The van der Waals surface area contributed by atoms with Crippen molar-refractivity contribution < 1.29 is 14.3 Å². The van der Waals surface area contributed by atoms with Crippen molar-refractivity contribution in [2.24, 2.45) is 0 Å². The number of nitrogens with one attached hydrogen (secondary N) is 2. The fraction of sp³-hybridized carbons (Fsp3) is 0.545. The van der Waals surface area contributed by atoms with Gasteiger partial charge in [-0.15, -0.1) is 11.3 Å². The number of thiazole rings is 1. The number of rotatable bonds is 5. The number of amides is 1. The number of aromatic nitrogens is 1. The number of nitrogens with zero attached hydrogens (tertiary/aromatic N) is 1. The molecule has 18 heavy (non-hydrogen) atoms. The molecule has 0 bridgehead atoms. The van der Waals surface area contributed by atoms with E-state index in [-0.39, 0.29) is 11.9 Å². The van der Waals surface area contributed by atoms with Gasteiger partial charge in [0.1, 0.15) is 0 Å². The summed E-state index contributed by atoms with van der Waals surface area (Å²) in [6, 6.07) is 0.146. The maximum absolute atomic E-state index is 11.4. The Morgan fingerprint density at radius 1 is 1.72 bits per heavy atom. The van der Waals surface area contributed by atoms with Crippen LogP contribution >= 0.6 is 11.3 Å². The molecule has 2 rings (SSSR count). The summed E-state index contributed by atoms with van der Waals surface area (Å²) in [5, 5.41) is 8.29. The average molecular weight is 269 g/mol. The first-order valence-corrected chi connectivity index (χ1v) is 6.73. The highest BCUT2D eigenvalue weighted by molar-refractivity contribution is 7.13. The number of carbonyl (C=O) groups excluding carboxylic acids is 2. The van der Waals surface area contributed by atoms with Crippen LogP contribution in [0.1, 0.15) is 30.3 Å². The first-order valence-electron chi connectivity index (χ1n) is 5.85. The fourth-order valence-electron chi connectivity index (χ4n) is 1.69. The number of anilines is 1. The largest absolute Gasteiger partial charge is 0.461 e. The van der Waals surface area contributed by atoms with Crippen LogP contribution in [-0.4, -0.2) is 36.1 Å². The third-order valence-corrected chi connectivity index (χ3v) is 3.37. The van der Waals surface area contributed by atoms with Crippen LogP contribution in [0.5, 0.6) is 0 Å². The van der Waals surface area contributed by atoms with Crippen molar-refractivity contribution in [3.8, 4) is 0 Å². The molecule has 1 unspecified atom stereocenters. The van der Waals surface area contributed by atoms with E-state index in [1.807, 2.05) is 0 Å². The lowest BCUT2D eigenvalue weighted by atomic mass is 10.2. The second-order valence-electron chi connectivity index (χ2n) is 3.94. The molecule has 0 spiro atoms. The van der Waals surface area contributed by atoms with E-state index in [0.717, 1.165) is 6.42 Å². The van der Waals surface area contributed by atoms with Crippen LogP contribution in [0.4, 0.5) is 5.13 Å². The highest BCUT2D eigenvalue weighted by Crippen LogP contribution is 2.17. The van der Waals surface area contributed by atoms with Gasteiger partial charge in [-0.1, -0.05) is 0 Å². The number of carbonyl (C=O) groups is 2. The van der Waals surface area contributed by atoms with Gasteiger partial charge >= 0.3 is 5.97 Å². The van der Waals surface area contributed by atoms with E-state index in [0.29, 0.717) is 30.4 Å². The highest BCUT2D eigenvalue weighted by atomic mass is 32.1. The summed E-state index contributed by atoms with van der Waals surface area (Å²) in [6.07, 6.45) is 1.42. The molecule has 0 aliphatic carbocycles. The number of esters is 1. The molecule has 1 saturated heterocycles. The lowest BCUT2D eigenvalue weighted by molar-refractivity contribution is -0.119. The van der Waals surface area contributed by atoms with Crippen molar-refractivity contribution in [1.29, 1.82) is 0 Å². The number of hydrogen-bond acceptors (Lipinski definition) is 6. The molecular formula is C11H15N3O3S. The normalized spacial score (nSPS) is 18.5. The Balaban J connectivity index is 1.83. The topological polar surface area (TPSA) is 80.3 Å². The molecule has 1 aliphatic rings. The van der Waals surface area contributed by atoms with Gasteiger partial charge in [-0.25, -0.2) is 9.78 Å². The van der Waals surface area contributed by atoms with E-state index in [1.54, 1.807) is 12.3 Å². The second-order valence-corrected chi connectivity index (χ2v) is 4.80. The van der Waals surface area contributed by atoms with E-state index in [1.165, 1.54) is 11.3 Å². The highest BCUT2D eigenvalue weighted by Gasteiger charge is 2.20. The van der Waals surface area contributed by atoms with Crippen LogP contribution in [0.2, 0.25) is 0 Å². The van der Waals surface area contributed by atoms with Crippen LogP contribution in [0.25, 0.3) is 0 Å². The van der Waals surface area contributed by atoms with Crippen molar-refractivity contribution >= 4 is 28.3 Å². The SMILES string of the molecule is CCOC(=O)c1csc(NCC2CCC(=O)N2)n1. The Hall–Kier alpha value is -1.63. The molecule has 1 fully saturated rings. The smallest absolute Gasteiger partial charge is 0.357 e. The zero-order valence-corrected chi connectivity index (χ0v) is 10.9. The summed E-state index contributed by atoms with van der Waals surface area (Å²) in [7, 11) is 0. The van der Waals surface area contributed by atoms with Gasteiger partial charge in [0.15, 0.2) is 10.8 Å². The van der Waals surface area contributed by atoms with Gasteiger partial charge in [-0.3, -0.25) is 4.79 Å². The molecule has 1 atom stereocenters. The lowest BCUT2D eigenvalue weighted by Gasteiger charge is -2.09. The summed E-state index contributed by atoms with van der Waals surface area (Å²) < 4.78 is 4.85. The Morgan fingerprint density at radius 2 is 2.56 bits per heavy atom. The zero-order chi connectivity index (χ0) is 13.0. The Labute approximate surface area is 109 Å². The fourth-order valence-corrected chi connectivity index (χ4v) is 2.38. The minimum atomic E-state index is -0.407. The van der Waals surface area contributed by atoms with Crippen molar-refractivity contribution in [3.63, 3.8) is 0 Å². The predicted molar refractivity (Wildman–Crippen MR) is 67.7 cm³/mol. The molecule has 1 amide bonds. The molecule has 7 heteroatoms. The van der Waals surface area contributed by atoms with E-state index in [2.05, 4.69) is 15.6 Å². The summed E-state index contributed by atoms with van der Waals surface area (Å²) in [4.78, 5) is 26.5. The maximum atomic E-state index is 11.4. The van der Waals surface area contributed by atoms with Gasteiger partial charge in [0.05, 0.1) is 6.61 Å². The van der Waals surface area contributed by atoms with E-state index in [4.69, 9.17) is 4.74 Å². The molecule has 0 aromatic carbocycles. The van der Waals surface area contributed by atoms with Crippen LogP contribution in [0, 0.1) is 0 Å². The molecule has 98 valence electrons. The van der Waals surface area contributed by atoms with E-state index < -0.39 is 5.97 Å². The molecular weight excluding hydrogens is 254 g/mol. The summed E-state index contributed by atoms with van der Waals surface area (Å²) in [6.45, 7) is 2.72. The van der Waals surface area contributed by atoms with Gasteiger partial charge < -0.3 is 15.4 Å².